The average Bonchev–Trinajstić information content (AvgIpc) is 2.69. The molecule has 104 valence electrons. The quantitative estimate of drug-likeness (QED) is 0.785. The molecule has 1 rings (SSSR count). The van der Waals surface area contributed by atoms with E-state index in [4.69, 9.17) is 0 Å². The van der Waals surface area contributed by atoms with Gasteiger partial charge in [-0.3, -0.25) is 0 Å². The largest absolute Gasteiger partial charge is 0.311 e. The third-order valence-corrected chi connectivity index (χ3v) is 6.80. The van der Waals surface area contributed by atoms with Crippen molar-refractivity contribution >= 4 is 21.2 Å². The first-order valence-corrected chi connectivity index (χ1v) is 8.89. The van der Waals surface area contributed by atoms with Crippen LogP contribution in [0.4, 0.5) is 0 Å². The molecule has 0 aliphatic carbocycles. The van der Waals surface area contributed by atoms with Crippen LogP contribution in [-0.2, 0) is 16.4 Å². The molecule has 0 radical (unpaired) electrons. The summed E-state index contributed by atoms with van der Waals surface area (Å²) in [5, 5.41) is 5.01. The first-order chi connectivity index (χ1) is 8.34. The van der Waals surface area contributed by atoms with Crippen molar-refractivity contribution in [3.63, 3.8) is 0 Å². The van der Waals surface area contributed by atoms with E-state index in [2.05, 4.69) is 23.7 Å². The third-order valence-electron chi connectivity index (χ3n) is 3.32. The van der Waals surface area contributed by atoms with Crippen LogP contribution in [0, 0.1) is 12.8 Å². The predicted octanol–water partition coefficient (Wildman–Crippen LogP) is 2.61. The molecule has 1 unspecified atom stereocenters. The molecule has 1 N–H and O–H groups in total. The van der Waals surface area contributed by atoms with Gasteiger partial charge in [-0.25, -0.2) is 8.42 Å². The van der Waals surface area contributed by atoms with Gasteiger partial charge in [0, 0.05) is 18.0 Å². The molecule has 1 atom stereocenters. The van der Waals surface area contributed by atoms with E-state index in [0.717, 1.165) is 6.54 Å². The van der Waals surface area contributed by atoms with Gasteiger partial charge in [-0.2, -0.15) is 0 Å². The SMILES string of the molecule is Cc1ccsc1CNCCS(=O)(=O)C(C)C(C)C. The highest BCUT2D eigenvalue weighted by Gasteiger charge is 2.23. The zero-order valence-electron chi connectivity index (χ0n) is 11.6. The highest BCUT2D eigenvalue weighted by Crippen LogP contribution is 2.15. The van der Waals surface area contributed by atoms with Crippen LogP contribution in [0.1, 0.15) is 31.2 Å². The zero-order valence-corrected chi connectivity index (χ0v) is 13.2. The Balaban J connectivity index is 2.36. The molecule has 0 aliphatic rings. The van der Waals surface area contributed by atoms with Crippen LogP contribution >= 0.6 is 11.3 Å². The van der Waals surface area contributed by atoms with Crippen molar-refractivity contribution in [2.24, 2.45) is 5.92 Å². The van der Waals surface area contributed by atoms with Crippen LogP contribution < -0.4 is 5.32 Å². The minimum Gasteiger partial charge on any atom is -0.311 e. The summed E-state index contributed by atoms with van der Waals surface area (Å²) in [6.07, 6.45) is 0. The lowest BCUT2D eigenvalue weighted by atomic mass is 10.2. The van der Waals surface area contributed by atoms with Gasteiger partial charge < -0.3 is 5.32 Å². The molecule has 0 amide bonds. The smallest absolute Gasteiger partial charge is 0.154 e. The first kappa shape index (κ1) is 15.7. The number of hydrogen-bond donors (Lipinski definition) is 1. The van der Waals surface area contributed by atoms with E-state index in [0.29, 0.717) is 6.54 Å². The standard InChI is InChI=1S/C13H23NO2S2/c1-10(2)12(4)18(15,16)8-6-14-9-13-11(3)5-7-17-13/h5,7,10,12,14H,6,8-9H2,1-4H3. The summed E-state index contributed by atoms with van der Waals surface area (Å²) in [6.45, 7) is 9.05. The summed E-state index contributed by atoms with van der Waals surface area (Å²) in [5.74, 6) is 0.395. The van der Waals surface area contributed by atoms with Crippen molar-refractivity contribution in [1.29, 1.82) is 0 Å². The molecule has 0 saturated carbocycles. The molecular weight excluding hydrogens is 266 g/mol. The van der Waals surface area contributed by atoms with Crippen molar-refractivity contribution in [2.75, 3.05) is 12.3 Å². The van der Waals surface area contributed by atoms with E-state index in [1.165, 1.54) is 10.4 Å². The Hall–Kier alpha value is -0.390. The van der Waals surface area contributed by atoms with Crippen LogP contribution in [0.15, 0.2) is 11.4 Å². The van der Waals surface area contributed by atoms with E-state index in [9.17, 15) is 8.42 Å². The second-order valence-electron chi connectivity index (χ2n) is 5.02. The summed E-state index contributed by atoms with van der Waals surface area (Å²) in [4.78, 5) is 1.28. The molecule has 0 bridgehead atoms. The number of sulfone groups is 1. The second-order valence-corrected chi connectivity index (χ2v) is 8.50. The summed E-state index contributed by atoms with van der Waals surface area (Å²) in [5.41, 5.74) is 1.27. The van der Waals surface area contributed by atoms with Gasteiger partial charge >= 0.3 is 0 Å². The molecule has 3 nitrogen and oxygen atoms in total. The van der Waals surface area contributed by atoms with Gasteiger partial charge in [0.1, 0.15) is 0 Å². The molecule has 0 saturated heterocycles. The van der Waals surface area contributed by atoms with Gasteiger partial charge in [0.2, 0.25) is 0 Å². The fourth-order valence-electron chi connectivity index (χ4n) is 1.60. The maximum Gasteiger partial charge on any atom is 0.154 e. The monoisotopic (exact) mass is 289 g/mol. The van der Waals surface area contributed by atoms with E-state index < -0.39 is 9.84 Å². The highest BCUT2D eigenvalue weighted by atomic mass is 32.2. The molecule has 1 aromatic heterocycles. The van der Waals surface area contributed by atoms with Gasteiger partial charge in [-0.15, -0.1) is 11.3 Å². The fourth-order valence-corrected chi connectivity index (χ4v) is 4.11. The normalized spacial score (nSPS) is 14.1. The lowest BCUT2D eigenvalue weighted by Gasteiger charge is -2.16. The Morgan fingerprint density at radius 1 is 1.33 bits per heavy atom. The Kier molecular flexibility index (Phi) is 5.82. The lowest BCUT2D eigenvalue weighted by Crippen LogP contribution is -2.31. The number of hydrogen-bond acceptors (Lipinski definition) is 4. The van der Waals surface area contributed by atoms with Gasteiger partial charge in [-0.1, -0.05) is 13.8 Å². The highest BCUT2D eigenvalue weighted by molar-refractivity contribution is 7.92. The van der Waals surface area contributed by atoms with Crippen LogP contribution in [0.3, 0.4) is 0 Å². The zero-order chi connectivity index (χ0) is 13.8. The molecule has 5 heteroatoms. The van der Waals surface area contributed by atoms with Crippen molar-refractivity contribution < 1.29 is 8.42 Å². The van der Waals surface area contributed by atoms with Crippen molar-refractivity contribution in [1.82, 2.24) is 5.32 Å². The average molecular weight is 289 g/mol. The van der Waals surface area contributed by atoms with Gasteiger partial charge in [0.25, 0.3) is 0 Å². The molecular formula is C13H23NO2S2. The topological polar surface area (TPSA) is 46.2 Å². The van der Waals surface area contributed by atoms with Crippen molar-refractivity contribution in [3.8, 4) is 0 Å². The maximum absolute atomic E-state index is 12.0. The number of rotatable bonds is 7. The Morgan fingerprint density at radius 2 is 2.00 bits per heavy atom. The minimum atomic E-state index is -2.97. The summed E-state index contributed by atoms with van der Waals surface area (Å²) in [7, 11) is -2.97. The molecule has 0 aromatic carbocycles. The first-order valence-electron chi connectivity index (χ1n) is 6.30. The van der Waals surface area contributed by atoms with Crippen molar-refractivity contribution in [2.45, 2.75) is 39.5 Å². The maximum atomic E-state index is 12.0. The minimum absolute atomic E-state index is 0.176. The molecule has 1 heterocycles. The Bertz CT molecular complexity index is 463. The number of aryl methyl sites for hydroxylation is 1. The lowest BCUT2D eigenvalue weighted by molar-refractivity contribution is 0.542. The van der Waals surface area contributed by atoms with E-state index in [1.54, 1.807) is 18.3 Å². The second kappa shape index (κ2) is 6.68. The van der Waals surface area contributed by atoms with Gasteiger partial charge in [-0.05, 0) is 36.8 Å². The molecule has 18 heavy (non-hydrogen) atoms. The summed E-state index contributed by atoms with van der Waals surface area (Å²) >= 11 is 1.71. The summed E-state index contributed by atoms with van der Waals surface area (Å²) < 4.78 is 23.9. The molecule has 0 spiro atoms. The van der Waals surface area contributed by atoms with E-state index >= 15 is 0 Å². The Labute approximate surface area is 115 Å². The molecule has 0 aliphatic heterocycles. The number of thiophene rings is 1. The van der Waals surface area contributed by atoms with Crippen molar-refractivity contribution in [3.05, 3.63) is 21.9 Å². The van der Waals surface area contributed by atoms with Gasteiger partial charge in [0.05, 0.1) is 11.0 Å². The molecule has 0 fully saturated rings. The van der Waals surface area contributed by atoms with E-state index in [1.807, 2.05) is 13.8 Å². The van der Waals surface area contributed by atoms with Crippen LogP contribution in [-0.4, -0.2) is 26.0 Å². The summed E-state index contributed by atoms with van der Waals surface area (Å²) in [6, 6.07) is 2.08. The number of nitrogens with one attached hydrogen (secondary N) is 1. The van der Waals surface area contributed by atoms with E-state index in [-0.39, 0.29) is 16.9 Å². The van der Waals surface area contributed by atoms with Crippen LogP contribution in [0.5, 0.6) is 0 Å². The third kappa shape index (κ3) is 4.37. The molecule has 1 aromatic rings. The van der Waals surface area contributed by atoms with Crippen LogP contribution in [0.25, 0.3) is 0 Å². The van der Waals surface area contributed by atoms with Gasteiger partial charge in [0.15, 0.2) is 9.84 Å². The van der Waals surface area contributed by atoms with Crippen LogP contribution in [0.2, 0.25) is 0 Å². The fraction of sp³-hybridized carbons (Fsp3) is 0.692. The Morgan fingerprint density at radius 3 is 2.50 bits per heavy atom. The predicted molar refractivity (Wildman–Crippen MR) is 78.8 cm³/mol.